The van der Waals surface area contributed by atoms with Gasteiger partial charge in [0.05, 0.1) is 28.3 Å². The first-order valence-electron chi connectivity index (χ1n) is 8.40. The number of fused-ring (bicyclic) bond motifs is 1. The predicted molar refractivity (Wildman–Crippen MR) is 114 cm³/mol. The van der Waals surface area contributed by atoms with E-state index in [0.29, 0.717) is 29.0 Å². The second-order valence-corrected chi connectivity index (χ2v) is 7.72. The van der Waals surface area contributed by atoms with Gasteiger partial charge in [0.25, 0.3) is 5.69 Å². The van der Waals surface area contributed by atoms with Crippen LogP contribution in [0, 0.1) is 10.1 Å². The summed E-state index contributed by atoms with van der Waals surface area (Å²) in [6, 6.07) is 9.52. The molecule has 3 rings (SSSR count). The number of methoxy groups -OCH3 is 1. The highest BCUT2D eigenvalue weighted by Gasteiger charge is 2.16. The van der Waals surface area contributed by atoms with Crippen molar-refractivity contribution in [3.8, 4) is 0 Å². The zero-order valence-electron chi connectivity index (χ0n) is 15.2. The number of halogens is 2. The van der Waals surface area contributed by atoms with E-state index in [1.54, 1.807) is 19.2 Å². The van der Waals surface area contributed by atoms with Crippen LogP contribution in [-0.4, -0.2) is 39.9 Å². The fraction of sp³-hybridized carbons (Fsp3) is 0.222. The third-order valence-corrected chi connectivity index (χ3v) is 5.48. The molecule has 1 amide bonds. The van der Waals surface area contributed by atoms with Crippen LogP contribution in [0.5, 0.6) is 0 Å². The van der Waals surface area contributed by atoms with E-state index in [9.17, 15) is 14.9 Å². The maximum absolute atomic E-state index is 12.3. The maximum atomic E-state index is 12.3. The Kier molecular flexibility index (Phi) is 6.96. The molecule has 0 atom stereocenters. The number of amides is 1. The molecule has 29 heavy (non-hydrogen) atoms. The number of nitro benzene ring substituents is 1. The van der Waals surface area contributed by atoms with E-state index in [2.05, 4.69) is 10.3 Å². The number of ether oxygens (including phenoxy) is 1. The summed E-state index contributed by atoms with van der Waals surface area (Å²) in [5.74, 6) is -0.254. The van der Waals surface area contributed by atoms with E-state index in [1.807, 2.05) is 10.6 Å². The highest BCUT2D eigenvalue weighted by atomic mass is 35.5. The Morgan fingerprint density at radius 1 is 1.31 bits per heavy atom. The van der Waals surface area contributed by atoms with Crippen LogP contribution < -0.4 is 5.32 Å². The molecule has 1 heterocycles. The van der Waals surface area contributed by atoms with E-state index in [4.69, 9.17) is 27.9 Å². The van der Waals surface area contributed by atoms with Crippen LogP contribution in [0.15, 0.2) is 41.6 Å². The van der Waals surface area contributed by atoms with Crippen LogP contribution in [0.4, 0.5) is 11.4 Å². The van der Waals surface area contributed by atoms with Crippen LogP contribution in [-0.2, 0) is 16.1 Å². The summed E-state index contributed by atoms with van der Waals surface area (Å²) in [5, 5.41) is 14.8. The summed E-state index contributed by atoms with van der Waals surface area (Å²) >= 11 is 13.1. The number of nitro groups is 1. The van der Waals surface area contributed by atoms with Gasteiger partial charge in [0.15, 0.2) is 5.16 Å². The molecule has 1 aromatic heterocycles. The summed E-state index contributed by atoms with van der Waals surface area (Å²) in [6.45, 7) is 1.06. The topological polar surface area (TPSA) is 99.3 Å². The maximum Gasteiger partial charge on any atom is 0.289 e. The van der Waals surface area contributed by atoms with Crippen molar-refractivity contribution in [1.29, 1.82) is 0 Å². The summed E-state index contributed by atoms with van der Waals surface area (Å²) in [6.07, 6.45) is 0. The average Bonchev–Trinajstić information content (AvgIpc) is 3.02. The smallest absolute Gasteiger partial charge is 0.289 e. The standard InChI is InChI=1S/C18H16Cl2N4O4S/c1-28-7-6-23-15-5-2-11(19)8-14(15)22-18(23)29-10-17(25)21-12-3-4-13(20)16(9-12)24(26)27/h2-5,8-9H,6-7,10H2,1H3,(H,21,25). The molecule has 3 aromatic rings. The van der Waals surface area contributed by atoms with E-state index in [0.717, 1.165) is 11.0 Å². The van der Waals surface area contributed by atoms with Crippen molar-refractivity contribution in [2.24, 2.45) is 0 Å². The number of anilines is 1. The van der Waals surface area contributed by atoms with Gasteiger partial charge < -0.3 is 14.6 Å². The number of benzene rings is 2. The monoisotopic (exact) mass is 454 g/mol. The Morgan fingerprint density at radius 3 is 2.83 bits per heavy atom. The second-order valence-electron chi connectivity index (χ2n) is 5.93. The first kappa shape index (κ1) is 21.4. The Labute approximate surface area is 180 Å². The van der Waals surface area contributed by atoms with Crippen LogP contribution in [0.25, 0.3) is 11.0 Å². The molecule has 8 nitrogen and oxygen atoms in total. The number of hydrogen-bond acceptors (Lipinski definition) is 6. The van der Waals surface area contributed by atoms with E-state index >= 15 is 0 Å². The van der Waals surface area contributed by atoms with Crippen molar-refractivity contribution in [1.82, 2.24) is 9.55 Å². The molecule has 0 aliphatic carbocycles. The lowest BCUT2D eigenvalue weighted by Gasteiger charge is -2.09. The number of hydrogen-bond donors (Lipinski definition) is 1. The van der Waals surface area contributed by atoms with Gasteiger partial charge in [-0.15, -0.1) is 0 Å². The van der Waals surface area contributed by atoms with E-state index < -0.39 is 4.92 Å². The number of rotatable bonds is 8. The van der Waals surface area contributed by atoms with Crippen molar-refractivity contribution < 1.29 is 14.5 Å². The van der Waals surface area contributed by atoms with Crippen molar-refractivity contribution in [2.75, 3.05) is 24.8 Å². The van der Waals surface area contributed by atoms with Gasteiger partial charge in [-0.2, -0.15) is 0 Å². The number of carbonyl (C=O) groups is 1. The zero-order valence-corrected chi connectivity index (χ0v) is 17.6. The SMILES string of the molecule is COCCn1c(SCC(=O)Nc2ccc(Cl)c([N+](=O)[O-])c2)nc2cc(Cl)ccc21. The van der Waals surface area contributed by atoms with Gasteiger partial charge in [0, 0.05) is 30.4 Å². The number of thioether (sulfide) groups is 1. The fourth-order valence-corrected chi connectivity index (χ4v) is 3.84. The molecule has 0 aliphatic heterocycles. The highest BCUT2D eigenvalue weighted by molar-refractivity contribution is 7.99. The van der Waals surface area contributed by atoms with Gasteiger partial charge in [0.1, 0.15) is 5.02 Å². The molecule has 0 saturated heterocycles. The normalized spacial score (nSPS) is 11.0. The lowest BCUT2D eigenvalue weighted by Crippen LogP contribution is -2.15. The first-order valence-corrected chi connectivity index (χ1v) is 10.1. The van der Waals surface area contributed by atoms with Crippen molar-refractivity contribution in [3.05, 3.63) is 56.6 Å². The molecular weight excluding hydrogens is 439 g/mol. The summed E-state index contributed by atoms with van der Waals surface area (Å²) in [7, 11) is 1.61. The quantitative estimate of drug-likeness (QED) is 0.302. The highest BCUT2D eigenvalue weighted by Crippen LogP contribution is 2.29. The van der Waals surface area contributed by atoms with Crippen LogP contribution >= 0.6 is 35.0 Å². The largest absolute Gasteiger partial charge is 0.383 e. The zero-order chi connectivity index (χ0) is 21.0. The number of nitrogens with zero attached hydrogens (tertiary/aromatic N) is 3. The number of carbonyl (C=O) groups excluding carboxylic acids is 1. The predicted octanol–water partition coefficient (Wildman–Crippen LogP) is 4.63. The van der Waals surface area contributed by atoms with Crippen molar-refractivity contribution in [3.63, 3.8) is 0 Å². The lowest BCUT2D eigenvalue weighted by molar-refractivity contribution is -0.384. The molecule has 11 heteroatoms. The number of nitrogens with one attached hydrogen (secondary N) is 1. The van der Waals surface area contributed by atoms with Gasteiger partial charge in [-0.1, -0.05) is 35.0 Å². The van der Waals surface area contributed by atoms with Crippen LogP contribution in [0.2, 0.25) is 10.0 Å². The molecule has 0 unspecified atom stereocenters. The van der Waals surface area contributed by atoms with Gasteiger partial charge in [-0.3, -0.25) is 14.9 Å². The van der Waals surface area contributed by atoms with Crippen molar-refractivity contribution >= 4 is 63.3 Å². The van der Waals surface area contributed by atoms with E-state index in [-0.39, 0.29) is 22.4 Å². The number of imidazole rings is 1. The molecule has 0 fully saturated rings. The molecular formula is C18H16Cl2N4O4S. The molecule has 0 bridgehead atoms. The fourth-order valence-electron chi connectivity index (χ4n) is 2.65. The molecule has 0 radical (unpaired) electrons. The molecule has 0 aliphatic rings. The Bertz CT molecular complexity index is 1070. The Morgan fingerprint density at radius 2 is 2.10 bits per heavy atom. The minimum absolute atomic E-state index is 0.00731. The van der Waals surface area contributed by atoms with Gasteiger partial charge in [-0.25, -0.2) is 4.98 Å². The minimum atomic E-state index is -0.601. The second kappa shape index (κ2) is 9.45. The van der Waals surface area contributed by atoms with Crippen LogP contribution in [0.1, 0.15) is 0 Å². The van der Waals surface area contributed by atoms with E-state index in [1.165, 1.54) is 30.0 Å². The molecule has 2 aromatic carbocycles. The molecule has 0 spiro atoms. The minimum Gasteiger partial charge on any atom is -0.383 e. The summed E-state index contributed by atoms with van der Waals surface area (Å²) in [5.41, 5.74) is 1.65. The summed E-state index contributed by atoms with van der Waals surface area (Å²) < 4.78 is 7.12. The average molecular weight is 455 g/mol. The van der Waals surface area contributed by atoms with Gasteiger partial charge in [-0.05, 0) is 30.3 Å². The van der Waals surface area contributed by atoms with Crippen molar-refractivity contribution in [2.45, 2.75) is 11.7 Å². The van der Waals surface area contributed by atoms with Crippen LogP contribution in [0.3, 0.4) is 0 Å². The Balaban J connectivity index is 1.73. The molecule has 152 valence electrons. The van der Waals surface area contributed by atoms with Gasteiger partial charge in [0.2, 0.25) is 5.91 Å². The lowest BCUT2D eigenvalue weighted by atomic mass is 10.3. The first-order chi connectivity index (χ1) is 13.9. The molecule has 1 N–H and O–H groups in total. The number of aromatic nitrogens is 2. The third-order valence-electron chi connectivity index (χ3n) is 3.95. The van der Waals surface area contributed by atoms with Gasteiger partial charge >= 0.3 is 0 Å². The Hall–Kier alpha value is -2.33. The molecule has 0 saturated carbocycles. The third kappa shape index (κ3) is 5.18. The summed E-state index contributed by atoms with van der Waals surface area (Å²) in [4.78, 5) is 27.3.